The first kappa shape index (κ1) is 78.7. The number of nitrogen functional groups attached to an aromatic ring is 1. The van der Waals surface area contributed by atoms with E-state index in [4.69, 9.17) is 29.4 Å². The van der Waals surface area contributed by atoms with E-state index in [9.17, 15) is 57.5 Å². The summed E-state index contributed by atoms with van der Waals surface area (Å²) in [6.07, 6.45) is 5.92. The standard InChI is InChI=1S/C78H89N11O17S/c1-46-32-64-77(105-31-10-13-59(92)45-103-44-58(91)12-9-29-102-7)89(78(101)106-43-51-17-15-50(16-18-51)35-65(93)49(4)80-72(96)48(3)33-57(90)26-28-87-70(95)39-67(107-8)76(87)100)62-38-66(47(2)34-60(62)74(98)88(64)40-46)104-30-11-14-69(94)82-68-42-85(6)71(83-68)73(97)81-56-22-19-52(20-23-56)54-37-63(84(5)41-54)75(99)86-27-25-53-36-55(79)21-24-61(53)86/h15-25,27,34,36-38,41-42,48-49,64,67,77H,1,9-14,26,28-33,35,39-40,43-45,79H2,2-8H3,(H,80,96)(H,81,97)(H,82,94)/t48-,49+,64+,67?,77+/m1/s1. The Balaban J connectivity index is 0.756. The summed E-state index contributed by atoms with van der Waals surface area (Å²) in [5.74, 6) is -4.13. The maximum Gasteiger partial charge on any atom is 0.416 e. The molecule has 3 aliphatic rings. The topological polar surface area (TPSA) is 350 Å². The van der Waals surface area contributed by atoms with E-state index in [1.165, 1.54) is 27.4 Å². The smallest absolute Gasteiger partial charge is 0.416 e. The fraction of sp³-hybridized carbons (Fsp3) is 0.397. The van der Waals surface area contributed by atoms with Crippen molar-refractivity contribution in [1.82, 2.24) is 33.8 Å². The zero-order chi connectivity index (χ0) is 76.8. The summed E-state index contributed by atoms with van der Waals surface area (Å²) in [6.45, 7) is 8.72. The van der Waals surface area contributed by atoms with Gasteiger partial charge in [0.1, 0.15) is 37.0 Å². The molecule has 2 saturated heterocycles. The molecule has 4 aromatic carbocycles. The van der Waals surface area contributed by atoms with Gasteiger partial charge in [-0.1, -0.05) is 55.5 Å². The number of hydrogen-bond donors (Lipinski definition) is 4. The van der Waals surface area contributed by atoms with E-state index in [0.717, 1.165) is 26.9 Å². The molecule has 0 radical (unpaired) electrons. The zero-order valence-electron chi connectivity index (χ0n) is 61.0. The van der Waals surface area contributed by atoms with E-state index < -0.39 is 59.2 Å². The van der Waals surface area contributed by atoms with Gasteiger partial charge in [-0.25, -0.2) is 14.7 Å². The Morgan fingerprint density at radius 1 is 0.766 bits per heavy atom. The summed E-state index contributed by atoms with van der Waals surface area (Å²) in [5, 5.41) is 8.68. The van der Waals surface area contributed by atoms with Crippen LogP contribution in [0.3, 0.4) is 0 Å². The number of aryl methyl sites for hydroxylation is 3. The molecule has 10 rings (SSSR count). The van der Waals surface area contributed by atoms with E-state index in [1.807, 2.05) is 42.6 Å². The molecule has 564 valence electrons. The number of anilines is 4. The molecule has 7 aromatic rings. The monoisotopic (exact) mass is 1480 g/mol. The summed E-state index contributed by atoms with van der Waals surface area (Å²) in [4.78, 5) is 168. The number of carbonyl (C=O) groups excluding carboxylic acids is 12. The first-order chi connectivity index (χ1) is 51.3. The molecule has 5 atom stereocenters. The quantitative estimate of drug-likeness (QED) is 0.0123. The summed E-state index contributed by atoms with van der Waals surface area (Å²) < 4.78 is 34.2. The number of imidazole rings is 1. The van der Waals surface area contributed by atoms with Gasteiger partial charge in [-0.2, -0.15) is 11.8 Å². The largest absolute Gasteiger partial charge is 0.493 e. The summed E-state index contributed by atoms with van der Waals surface area (Å²) in [5.41, 5.74) is 12.5. The van der Waals surface area contributed by atoms with Gasteiger partial charge in [-0.3, -0.25) is 62.2 Å². The van der Waals surface area contributed by atoms with Crippen molar-refractivity contribution < 1.29 is 81.2 Å². The average molecular weight is 1480 g/mol. The van der Waals surface area contributed by atoms with Crippen LogP contribution in [0.4, 0.5) is 27.7 Å². The highest BCUT2D eigenvalue weighted by molar-refractivity contribution is 8.00. The number of hydrogen-bond acceptors (Lipinski definition) is 20. The van der Waals surface area contributed by atoms with Gasteiger partial charge in [0.25, 0.3) is 17.7 Å². The number of nitrogens with zero attached hydrogens (tertiary/aromatic N) is 7. The third-order valence-corrected chi connectivity index (χ3v) is 19.7. The van der Waals surface area contributed by atoms with Crippen LogP contribution in [0.15, 0.2) is 122 Å². The van der Waals surface area contributed by atoms with Gasteiger partial charge < -0.3 is 59.4 Å². The van der Waals surface area contributed by atoms with Crippen molar-refractivity contribution in [2.24, 2.45) is 20.0 Å². The predicted octanol–water partition coefficient (Wildman–Crippen LogP) is 8.73. The first-order valence-corrected chi connectivity index (χ1v) is 36.6. The minimum Gasteiger partial charge on any atom is -0.493 e. The molecule has 28 nitrogen and oxygen atoms in total. The molecule has 0 spiro atoms. The Kier molecular flexibility index (Phi) is 26.4. The average Bonchev–Trinajstić information content (AvgIpc) is 1.58. The second-order valence-corrected chi connectivity index (χ2v) is 28.1. The highest BCUT2D eigenvalue weighted by Crippen LogP contribution is 2.41. The molecule has 3 aliphatic heterocycles. The molecule has 0 saturated carbocycles. The molecular weight excluding hydrogens is 1390 g/mol. The SMILES string of the molecule is C=C1C[C@H]2[C@H](OCCCC(=O)COCC(=O)CCCOC)N(C(=O)OCc3ccc(CC(=O)[C@H](C)NC(=O)[C@H](C)CC(=O)CCN4C(=O)CC(SC)C4=O)cc3)c3cc(OCCCC(=O)Nc4cn(C)c(C(=O)Nc5ccc(-c6cc(C(=O)n7ccc8cc(N)ccc87)n(C)c6)cc5)n4)c(C)cc3C(=O)N2C1. The maximum absolute atomic E-state index is 15.0. The van der Waals surface area contributed by atoms with E-state index in [-0.39, 0.29) is 180 Å². The number of aromatic nitrogens is 4. The Labute approximate surface area is 622 Å². The summed E-state index contributed by atoms with van der Waals surface area (Å²) in [6, 6.07) is 24.4. The van der Waals surface area contributed by atoms with E-state index in [1.54, 1.807) is 123 Å². The van der Waals surface area contributed by atoms with Gasteiger partial charge in [0.2, 0.25) is 29.5 Å². The number of likely N-dealkylation sites (tertiary alicyclic amines) is 1. The van der Waals surface area contributed by atoms with Crippen LogP contribution in [0, 0.1) is 12.8 Å². The molecule has 107 heavy (non-hydrogen) atoms. The third kappa shape index (κ3) is 19.8. The number of ether oxygens (including phenoxy) is 5. The number of amides is 7. The summed E-state index contributed by atoms with van der Waals surface area (Å²) >= 11 is 1.28. The molecule has 0 bridgehead atoms. The normalized spacial score (nSPS) is 16.1. The number of methoxy groups -OCH3 is 1. The Bertz CT molecular complexity index is 4560. The molecule has 5 N–H and O–H groups in total. The lowest BCUT2D eigenvalue weighted by atomic mass is 10.00. The zero-order valence-corrected chi connectivity index (χ0v) is 61.8. The minimum atomic E-state index is -1.19. The number of thioether (sulfide) groups is 1. The highest BCUT2D eigenvalue weighted by atomic mass is 32.2. The number of fused-ring (bicyclic) bond motifs is 3. The van der Waals surface area contributed by atoms with Gasteiger partial charge in [0.05, 0.1) is 40.7 Å². The van der Waals surface area contributed by atoms with Crippen molar-refractivity contribution in [3.63, 3.8) is 0 Å². The number of carbonyl (C=O) groups is 12. The van der Waals surface area contributed by atoms with Crippen LogP contribution in [0.2, 0.25) is 0 Å². The van der Waals surface area contributed by atoms with Gasteiger partial charge in [-0.05, 0) is 117 Å². The predicted molar refractivity (Wildman–Crippen MR) is 400 cm³/mol. The number of benzene rings is 4. The molecule has 0 aliphatic carbocycles. The molecule has 6 heterocycles. The van der Waals surface area contributed by atoms with E-state index in [0.29, 0.717) is 52.4 Å². The van der Waals surface area contributed by atoms with E-state index in [2.05, 4.69) is 27.5 Å². The van der Waals surface area contributed by atoms with Crippen LogP contribution in [0.25, 0.3) is 22.0 Å². The van der Waals surface area contributed by atoms with Crippen LogP contribution in [0.5, 0.6) is 5.75 Å². The van der Waals surface area contributed by atoms with Crippen LogP contribution < -0.4 is 31.3 Å². The number of ketones is 4. The Hall–Kier alpha value is -10.9. The number of Topliss-reactive ketones (excluding diaryl/α,β-unsaturated/α-hetero) is 4. The summed E-state index contributed by atoms with van der Waals surface area (Å²) in [7, 11) is 4.96. The lowest BCUT2D eigenvalue weighted by Crippen LogP contribution is -2.52. The number of nitrogens with one attached hydrogen (secondary N) is 3. The van der Waals surface area contributed by atoms with Crippen LogP contribution >= 0.6 is 11.8 Å². The number of nitrogens with two attached hydrogens (primary N) is 1. The molecule has 2 fully saturated rings. The second-order valence-electron chi connectivity index (χ2n) is 27.1. The van der Waals surface area contributed by atoms with Gasteiger partial charge in [0.15, 0.2) is 29.4 Å². The molecular formula is C78H89N11O17S. The Morgan fingerprint density at radius 3 is 2.19 bits per heavy atom. The van der Waals surface area contributed by atoms with E-state index >= 15 is 0 Å². The molecule has 1 unspecified atom stereocenters. The molecule has 3 aromatic heterocycles. The number of rotatable bonds is 36. The lowest BCUT2D eigenvalue weighted by molar-refractivity contribution is -0.139. The number of imide groups is 1. The lowest BCUT2D eigenvalue weighted by Gasteiger charge is -2.35. The van der Waals surface area contributed by atoms with Crippen molar-refractivity contribution in [3.05, 3.63) is 156 Å². The van der Waals surface area contributed by atoms with Crippen molar-refractivity contribution in [1.29, 1.82) is 0 Å². The van der Waals surface area contributed by atoms with Crippen LogP contribution in [-0.4, -0.2) is 182 Å². The van der Waals surface area contributed by atoms with Crippen LogP contribution in [0.1, 0.15) is 126 Å². The third-order valence-electron chi connectivity index (χ3n) is 18.8. The van der Waals surface area contributed by atoms with Gasteiger partial charge in [-0.15, -0.1) is 0 Å². The maximum atomic E-state index is 15.0. The van der Waals surface area contributed by atoms with Gasteiger partial charge >= 0.3 is 6.09 Å². The van der Waals surface area contributed by atoms with Crippen molar-refractivity contribution >= 4 is 116 Å². The first-order valence-electron chi connectivity index (χ1n) is 35.3. The fourth-order valence-electron chi connectivity index (χ4n) is 13.0. The van der Waals surface area contributed by atoms with Crippen molar-refractivity contribution in [2.75, 3.05) is 80.8 Å². The van der Waals surface area contributed by atoms with Gasteiger partial charge in [0, 0.05) is 145 Å². The van der Waals surface area contributed by atoms with Crippen molar-refractivity contribution in [3.8, 4) is 16.9 Å². The minimum absolute atomic E-state index is 0.00517. The fourth-order valence-corrected chi connectivity index (χ4v) is 13.6. The second kappa shape index (κ2) is 35.9. The Morgan fingerprint density at radius 2 is 1.48 bits per heavy atom. The molecule has 29 heteroatoms. The van der Waals surface area contributed by atoms with Crippen molar-refractivity contribution in [2.45, 2.75) is 122 Å². The molecule has 7 amide bonds. The van der Waals surface area contributed by atoms with Crippen LogP contribution in [-0.2, 0) is 84.4 Å². The highest BCUT2D eigenvalue weighted by Gasteiger charge is 2.48.